The molecule has 0 bridgehead atoms. The number of H-pyrrole nitrogens is 1. The van der Waals surface area contributed by atoms with Crippen molar-refractivity contribution in [1.82, 2.24) is 20.1 Å². The number of piperidine rings is 2. The summed E-state index contributed by atoms with van der Waals surface area (Å²) < 4.78 is 0. The number of aromatic amines is 1. The summed E-state index contributed by atoms with van der Waals surface area (Å²) in [6.07, 6.45) is 7.34. The highest BCUT2D eigenvalue weighted by atomic mass is 16.2. The highest BCUT2D eigenvalue weighted by molar-refractivity contribution is 5.98. The molecule has 2 aliphatic heterocycles. The van der Waals surface area contributed by atoms with Crippen molar-refractivity contribution in [2.24, 2.45) is 5.92 Å². The highest BCUT2D eigenvalue weighted by Gasteiger charge is 2.26. The molecular weight excluding hydrogens is 388 g/mol. The molecule has 2 fully saturated rings. The van der Waals surface area contributed by atoms with Gasteiger partial charge < -0.3 is 20.1 Å². The van der Waals surface area contributed by atoms with E-state index < -0.39 is 0 Å². The van der Waals surface area contributed by atoms with Crippen LogP contribution in [0.2, 0.25) is 0 Å². The van der Waals surface area contributed by atoms with E-state index in [9.17, 15) is 9.59 Å². The first-order valence-corrected chi connectivity index (χ1v) is 12.0. The summed E-state index contributed by atoms with van der Waals surface area (Å²) in [5.41, 5.74) is 1.65. The zero-order chi connectivity index (χ0) is 21.6. The molecule has 168 valence electrons. The predicted molar refractivity (Wildman–Crippen MR) is 124 cm³/mol. The van der Waals surface area contributed by atoms with E-state index in [1.54, 1.807) is 0 Å². The van der Waals surface area contributed by atoms with E-state index in [0.717, 1.165) is 56.3 Å². The number of nitrogens with one attached hydrogen (secondary N) is 2. The number of carbonyl (C=O) groups is 2. The molecule has 1 atom stereocenters. The lowest BCUT2D eigenvalue weighted by Gasteiger charge is -2.33. The normalized spacial score (nSPS) is 20.8. The molecule has 0 aliphatic carbocycles. The van der Waals surface area contributed by atoms with Crippen LogP contribution in [0.1, 0.15) is 62.4 Å². The first kappa shape index (κ1) is 21.9. The van der Waals surface area contributed by atoms with Gasteiger partial charge >= 0.3 is 0 Å². The lowest BCUT2D eigenvalue weighted by molar-refractivity contribution is -0.122. The minimum atomic E-state index is 0.0612. The minimum Gasteiger partial charge on any atom is -0.356 e. The van der Waals surface area contributed by atoms with Crippen molar-refractivity contribution in [1.29, 1.82) is 0 Å². The van der Waals surface area contributed by atoms with Crippen LogP contribution in [0, 0.1) is 5.92 Å². The van der Waals surface area contributed by atoms with Crippen LogP contribution in [-0.2, 0) is 4.79 Å². The van der Waals surface area contributed by atoms with Gasteiger partial charge in [0, 0.05) is 49.5 Å². The van der Waals surface area contributed by atoms with Crippen molar-refractivity contribution < 1.29 is 9.59 Å². The Morgan fingerprint density at radius 3 is 2.68 bits per heavy atom. The van der Waals surface area contributed by atoms with Crippen LogP contribution < -0.4 is 5.32 Å². The number of hydrogen-bond acceptors (Lipinski definition) is 3. The van der Waals surface area contributed by atoms with Gasteiger partial charge in [0.25, 0.3) is 5.91 Å². The third-order valence-electron chi connectivity index (χ3n) is 7.02. The zero-order valence-corrected chi connectivity index (χ0v) is 18.7. The molecule has 3 heterocycles. The van der Waals surface area contributed by atoms with Crippen LogP contribution in [0.4, 0.5) is 0 Å². The van der Waals surface area contributed by atoms with Gasteiger partial charge in [-0.1, -0.05) is 24.6 Å². The lowest BCUT2D eigenvalue weighted by atomic mass is 9.93. The second-order valence-electron chi connectivity index (χ2n) is 9.29. The van der Waals surface area contributed by atoms with Gasteiger partial charge in [0.2, 0.25) is 5.91 Å². The number of rotatable bonds is 7. The Bertz CT molecular complexity index is 852. The monoisotopic (exact) mass is 424 g/mol. The number of carbonyl (C=O) groups excluding carboxylic acids is 2. The Kier molecular flexibility index (Phi) is 7.28. The number of nitrogens with zero attached hydrogens (tertiary/aromatic N) is 2. The summed E-state index contributed by atoms with van der Waals surface area (Å²) in [5.74, 6) is 0.590. The molecule has 0 saturated carbocycles. The number of fused-ring (bicyclic) bond motifs is 1. The van der Waals surface area contributed by atoms with Gasteiger partial charge in [-0.05, 0) is 63.6 Å². The Balaban J connectivity index is 1.15. The summed E-state index contributed by atoms with van der Waals surface area (Å²) in [6.45, 7) is 6.80. The fourth-order valence-corrected chi connectivity index (χ4v) is 5.03. The maximum absolute atomic E-state index is 12.8. The van der Waals surface area contributed by atoms with E-state index in [0.29, 0.717) is 24.1 Å². The maximum atomic E-state index is 12.8. The molecule has 2 aromatic rings. The molecule has 2 amide bonds. The fraction of sp³-hybridized carbons (Fsp3) is 0.600. The smallest absolute Gasteiger partial charge is 0.270 e. The third kappa shape index (κ3) is 5.67. The summed E-state index contributed by atoms with van der Waals surface area (Å²) in [7, 11) is 0. The van der Waals surface area contributed by atoms with E-state index in [2.05, 4.69) is 22.1 Å². The van der Waals surface area contributed by atoms with Gasteiger partial charge in [0.1, 0.15) is 5.69 Å². The second kappa shape index (κ2) is 10.3. The molecule has 2 N–H and O–H groups in total. The van der Waals surface area contributed by atoms with E-state index in [-0.39, 0.29) is 11.8 Å². The van der Waals surface area contributed by atoms with Crippen molar-refractivity contribution in [2.75, 3.05) is 32.7 Å². The van der Waals surface area contributed by atoms with Crippen LogP contribution in [0.25, 0.3) is 10.9 Å². The average Bonchev–Trinajstić information content (AvgIpc) is 3.22. The summed E-state index contributed by atoms with van der Waals surface area (Å²) in [4.78, 5) is 32.9. The van der Waals surface area contributed by atoms with E-state index in [4.69, 9.17) is 0 Å². The number of benzene rings is 1. The fourth-order valence-electron chi connectivity index (χ4n) is 5.03. The standard InChI is InChI=1S/C25H36N4O2/c1-19-7-4-5-13-28(19)14-6-12-26-24(30)17-20-10-15-29(16-11-20)25(31)23-18-21-8-2-3-9-22(21)27-23/h2-3,8-9,18-20,27H,4-7,10-17H2,1H3,(H,26,30)/t19-/m0/s1. The van der Waals surface area contributed by atoms with E-state index in [1.807, 2.05) is 35.2 Å². The SMILES string of the molecule is C[C@H]1CCCCN1CCCNC(=O)CC1CCN(C(=O)c2cc3ccccc3[nH]2)CC1. The maximum Gasteiger partial charge on any atom is 0.270 e. The van der Waals surface area contributed by atoms with Crippen molar-refractivity contribution in [3.8, 4) is 0 Å². The first-order chi connectivity index (χ1) is 15.1. The van der Waals surface area contributed by atoms with Gasteiger partial charge in [-0.15, -0.1) is 0 Å². The largest absolute Gasteiger partial charge is 0.356 e. The van der Waals surface area contributed by atoms with Gasteiger partial charge in [0.05, 0.1) is 0 Å². The van der Waals surface area contributed by atoms with Gasteiger partial charge in [-0.2, -0.15) is 0 Å². The topological polar surface area (TPSA) is 68.4 Å². The lowest BCUT2D eigenvalue weighted by Crippen LogP contribution is -2.40. The van der Waals surface area contributed by atoms with Crippen LogP contribution in [0.15, 0.2) is 30.3 Å². The first-order valence-electron chi connectivity index (χ1n) is 12.0. The van der Waals surface area contributed by atoms with Gasteiger partial charge in [-0.25, -0.2) is 0 Å². The van der Waals surface area contributed by atoms with Crippen molar-refractivity contribution in [2.45, 2.75) is 57.9 Å². The summed E-state index contributed by atoms with van der Waals surface area (Å²) in [6, 6.07) is 10.6. The molecule has 0 unspecified atom stereocenters. The quantitative estimate of drug-likeness (QED) is 0.665. The molecule has 2 aliphatic rings. The Morgan fingerprint density at radius 1 is 1.10 bits per heavy atom. The number of likely N-dealkylation sites (tertiary alicyclic amines) is 2. The Morgan fingerprint density at radius 2 is 1.90 bits per heavy atom. The second-order valence-corrected chi connectivity index (χ2v) is 9.29. The number of hydrogen-bond donors (Lipinski definition) is 2. The molecule has 31 heavy (non-hydrogen) atoms. The molecule has 1 aromatic heterocycles. The van der Waals surface area contributed by atoms with Crippen LogP contribution in [-0.4, -0.2) is 65.4 Å². The Hall–Kier alpha value is -2.34. The van der Waals surface area contributed by atoms with E-state index in [1.165, 1.54) is 25.8 Å². The number of amides is 2. The molecular formula is C25H36N4O2. The minimum absolute atomic E-state index is 0.0612. The van der Waals surface area contributed by atoms with E-state index >= 15 is 0 Å². The Labute approximate surface area is 185 Å². The van der Waals surface area contributed by atoms with Crippen LogP contribution >= 0.6 is 0 Å². The van der Waals surface area contributed by atoms with Gasteiger partial charge in [-0.3, -0.25) is 9.59 Å². The van der Waals surface area contributed by atoms with Crippen LogP contribution in [0.5, 0.6) is 0 Å². The molecule has 6 heteroatoms. The number of para-hydroxylation sites is 1. The van der Waals surface area contributed by atoms with Gasteiger partial charge in [0.15, 0.2) is 0 Å². The zero-order valence-electron chi connectivity index (χ0n) is 18.7. The number of aromatic nitrogens is 1. The molecule has 0 spiro atoms. The third-order valence-corrected chi connectivity index (χ3v) is 7.02. The average molecular weight is 425 g/mol. The molecule has 1 aromatic carbocycles. The van der Waals surface area contributed by atoms with Crippen molar-refractivity contribution in [3.05, 3.63) is 36.0 Å². The van der Waals surface area contributed by atoms with Crippen molar-refractivity contribution >= 4 is 22.7 Å². The molecule has 4 rings (SSSR count). The summed E-state index contributed by atoms with van der Waals surface area (Å²) in [5, 5.41) is 4.17. The highest BCUT2D eigenvalue weighted by Crippen LogP contribution is 2.23. The molecule has 6 nitrogen and oxygen atoms in total. The predicted octanol–water partition coefficient (Wildman–Crippen LogP) is 3.79. The van der Waals surface area contributed by atoms with Crippen molar-refractivity contribution in [3.63, 3.8) is 0 Å². The summed E-state index contributed by atoms with van der Waals surface area (Å²) >= 11 is 0. The molecule has 2 saturated heterocycles. The van der Waals surface area contributed by atoms with Crippen LogP contribution in [0.3, 0.4) is 0 Å². The molecule has 0 radical (unpaired) electrons.